The van der Waals surface area contributed by atoms with E-state index in [1.165, 1.54) is 0 Å². The molecular formula is C12H22N2O3. The number of carbonyl (C=O) groups is 2. The van der Waals surface area contributed by atoms with Gasteiger partial charge in [-0.3, -0.25) is 14.5 Å². The van der Waals surface area contributed by atoms with Crippen LogP contribution < -0.4 is 5.32 Å². The van der Waals surface area contributed by atoms with Crippen molar-refractivity contribution in [2.45, 2.75) is 45.7 Å². The number of carbonyl (C=O) groups excluding carboxylic acids is 2. The first-order chi connectivity index (χ1) is 8.15. The standard InChI is InChI=1S/C12H22N2O3/c1-4-9-11(15)13-7-8-14(9)10(5-2)12(16)17-6-3/h9-10H,4-8H2,1-3H3,(H,13,15). The van der Waals surface area contributed by atoms with Gasteiger partial charge in [0.05, 0.1) is 12.6 Å². The second kappa shape index (κ2) is 6.59. The molecule has 5 nitrogen and oxygen atoms in total. The van der Waals surface area contributed by atoms with Gasteiger partial charge >= 0.3 is 5.97 Å². The molecule has 0 bridgehead atoms. The number of ether oxygens (including phenoxy) is 1. The molecule has 2 atom stereocenters. The molecule has 1 aliphatic heterocycles. The van der Waals surface area contributed by atoms with E-state index in [0.29, 0.717) is 32.5 Å². The molecule has 1 N–H and O–H groups in total. The fourth-order valence-corrected chi connectivity index (χ4v) is 2.30. The van der Waals surface area contributed by atoms with Crippen molar-refractivity contribution < 1.29 is 14.3 Å². The summed E-state index contributed by atoms with van der Waals surface area (Å²) < 4.78 is 5.06. The highest BCUT2D eigenvalue weighted by Gasteiger charge is 2.36. The van der Waals surface area contributed by atoms with Gasteiger partial charge in [-0.2, -0.15) is 0 Å². The van der Waals surface area contributed by atoms with E-state index < -0.39 is 0 Å². The normalized spacial score (nSPS) is 23.0. The lowest BCUT2D eigenvalue weighted by atomic mass is 10.0. The number of nitrogens with one attached hydrogen (secondary N) is 1. The van der Waals surface area contributed by atoms with E-state index in [4.69, 9.17) is 4.74 Å². The van der Waals surface area contributed by atoms with Crippen LogP contribution in [0.25, 0.3) is 0 Å². The highest BCUT2D eigenvalue weighted by molar-refractivity contribution is 5.84. The van der Waals surface area contributed by atoms with Crippen LogP contribution in [0.4, 0.5) is 0 Å². The van der Waals surface area contributed by atoms with E-state index >= 15 is 0 Å². The molecule has 0 saturated carbocycles. The number of piperazine rings is 1. The zero-order chi connectivity index (χ0) is 12.8. The van der Waals surface area contributed by atoms with E-state index in [2.05, 4.69) is 5.32 Å². The number of hydrogen-bond donors (Lipinski definition) is 1. The van der Waals surface area contributed by atoms with Crippen LogP contribution in [0.3, 0.4) is 0 Å². The van der Waals surface area contributed by atoms with Crippen LogP contribution in [0.15, 0.2) is 0 Å². The van der Waals surface area contributed by atoms with Crippen molar-refractivity contribution in [2.75, 3.05) is 19.7 Å². The Morgan fingerprint density at radius 1 is 1.53 bits per heavy atom. The van der Waals surface area contributed by atoms with Crippen molar-refractivity contribution >= 4 is 11.9 Å². The van der Waals surface area contributed by atoms with Gasteiger partial charge < -0.3 is 10.1 Å². The summed E-state index contributed by atoms with van der Waals surface area (Å²) in [7, 11) is 0. The first-order valence-electron chi connectivity index (χ1n) is 6.35. The van der Waals surface area contributed by atoms with Gasteiger partial charge in [-0.05, 0) is 19.8 Å². The van der Waals surface area contributed by atoms with Crippen molar-refractivity contribution in [3.05, 3.63) is 0 Å². The van der Waals surface area contributed by atoms with Gasteiger partial charge in [-0.15, -0.1) is 0 Å². The molecule has 0 aliphatic carbocycles. The summed E-state index contributed by atoms with van der Waals surface area (Å²) in [5.41, 5.74) is 0. The fraction of sp³-hybridized carbons (Fsp3) is 0.833. The molecule has 17 heavy (non-hydrogen) atoms. The average molecular weight is 242 g/mol. The summed E-state index contributed by atoms with van der Waals surface area (Å²) in [6.45, 7) is 7.39. The van der Waals surface area contributed by atoms with Crippen molar-refractivity contribution in [3.63, 3.8) is 0 Å². The SMILES string of the molecule is CCOC(=O)C(CC)N1CCNC(=O)C1CC. The quantitative estimate of drug-likeness (QED) is 0.715. The summed E-state index contributed by atoms with van der Waals surface area (Å²) in [5.74, 6) is -0.204. The Morgan fingerprint density at radius 2 is 2.24 bits per heavy atom. The maximum Gasteiger partial charge on any atom is 0.323 e. The largest absolute Gasteiger partial charge is 0.465 e. The molecule has 2 unspecified atom stereocenters. The third kappa shape index (κ3) is 3.19. The molecule has 1 fully saturated rings. The summed E-state index contributed by atoms with van der Waals surface area (Å²) in [6, 6.07) is -0.510. The van der Waals surface area contributed by atoms with Gasteiger partial charge in [-0.25, -0.2) is 0 Å². The van der Waals surface area contributed by atoms with Gasteiger partial charge in [0, 0.05) is 13.1 Å². The summed E-state index contributed by atoms with van der Waals surface area (Å²) >= 11 is 0. The first kappa shape index (κ1) is 14.0. The van der Waals surface area contributed by atoms with Crippen LogP contribution in [-0.2, 0) is 14.3 Å². The molecule has 0 spiro atoms. The second-order valence-corrected chi connectivity index (χ2v) is 4.13. The lowest BCUT2D eigenvalue weighted by Gasteiger charge is -2.38. The topological polar surface area (TPSA) is 58.6 Å². The van der Waals surface area contributed by atoms with Gasteiger partial charge in [0.1, 0.15) is 6.04 Å². The Balaban J connectivity index is 2.78. The minimum Gasteiger partial charge on any atom is -0.465 e. The van der Waals surface area contributed by atoms with E-state index in [1.807, 2.05) is 18.7 Å². The van der Waals surface area contributed by atoms with Gasteiger partial charge in [0.25, 0.3) is 0 Å². The highest BCUT2D eigenvalue weighted by atomic mass is 16.5. The minimum atomic E-state index is -0.300. The predicted molar refractivity (Wildman–Crippen MR) is 64.5 cm³/mol. The number of rotatable bonds is 5. The molecule has 0 aromatic carbocycles. The Labute approximate surface area is 102 Å². The smallest absolute Gasteiger partial charge is 0.323 e. The van der Waals surface area contributed by atoms with Crippen molar-refractivity contribution in [1.29, 1.82) is 0 Å². The third-order valence-corrected chi connectivity index (χ3v) is 3.10. The van der Waals surface area contributed by atoms with Crippen LogP contribution >= 0.6 is 0 Å². The second-order valence-electron chi connectivity index (χ2n) is 4.13. The summed E-state index contributed by atoms with van der Waals surface area (Å²) in [6.07, 6.45) is 1.38. The lowest BCUT2D eigenvalue weighted by molar-refractivity contribution is -0.152. The van der Waals surface area contributed by atoms with E-state index in [0.717, 1.165) is 0 Å². The van der Waals surface area contributed by atoms with Crippen molar-refractivity contribution in [1.82, 2.24) is 10.2 Å². The van der Waals surface area contributed by atoms with Crippen molar-refractivity contribution in [2.24, 2.45) is 0 Å². The van der Waals surface area contributed by atoms with E-state index in [9.17, 15) is 9.59 Å². The predicted octanol–water partition coefficient (Wildman–Crippen LogP) is 0.539. The lowest BCUT2D eigenvalue weighted by Crippen LogP contribution is -2.60. The molecule has 98 valence electrons. The van der Waals surface area contributed by atoms with Crippen LogP contribution in [0.5, 0.6) is 0 Å². The molecule has 5 heteroatoms. The molecule has 1 saturated heterocycles. The van der Waals surface area contributed by atoms with Gasteiger partial charge in [-0.1, -0.05) is 13.8 Å². The van der Waals surface area contributed by atoms with Crippen molar-refractivity contribution in [3.8, 4) is 0 Å². The van der Waals surface area contributed by atoms with Crippen LogP contribution in [-0.4, -0.2) is 48.6 Å². The Kier molecular flexibility index (Phi) is 5.41. The zero-order valence-corrected chi connectivity index (χ0v) is 10.9. The monoisotopic (exact) mass is 242 g/mol. The first-order valence-corrected chi connectivity index (χ1v) is 6.35. The Hall–Kier alpha value is -1.10. The van der Waals surface area contributed by atoms with Crippen LogP contribution in [0, 0.1) is 0 Å². The highest BCUT2D eigenvalue weighted by Crippen LogP contribution is 2.16. The maximum absolute atomic E-state index is 11.8. The molecule has 1 aliphatic rings. The molecular weight excluding hydrogens is 220 g/mol. The third-order valence-electron chi connectivity index (χ3n) is 3.10. The molecule has 0 radical (unpaired) electrons. The van der Waals surface area contributed by atoms with Gasteiger partial charge in [0.15, 0.2) is 0 Å². The molecule has 0 aromatic rings. The van der Waals surface area contributed by atoms with Gasteiger partial charge in [0.2, 0.25) is 5.91 Å². The number of hydrogen-bond acceptors (Lipinski definition) is 4. The Morgan fingerprint density at radius 3 is 2.76 bits per heavy atom. The number of amides is 1. The maximum atomic E-state index is 11.8. The Bertz CT molecular complexity index is 281. The summed E-state index contributed by atoms with van der Waals surface area (Å²) in [4.78, 5) is 25.5. The molecule has 1 heterocycles. The number of esters is 1. The zero-order valence-electron chi connectivity index (χ0n) is 10.9. The minimum absolute atomic E-state index is 0.0153. The molecule has 0 aromatic heterocycles. The summed E-state index contributed by atoms with van der Waals surface area (Å²) in [5, 5.41) is 2.83. The molecule has 1 amide bonds. The van der Waals surface area contributed by atoms with Crippen LogP contribution in [0.2, 0.25) is 0 Å². The van der Waals surface area contributed by atoms with Crippen LogP contribution in [0.1, 0.15) is 33.6 Å². The van der Waals surface area contributed by atoms with E-state index in [1.54, 1.807) is 6.92 Å². The fourth-order valence-electron chi connectivity index (χ4n) is 2.30. The number of nitrogens with zero attached hydrogens (tertiary/aromatic N) is 1. The molecule has 1 rings (SSSR count). The van der Waals surface area contributed by atoms with E-state index in [-0.39, 0.29) is 24.0 Å². The average Bonchev–Trinajstić information content (AvgIpc) is 2.30.